The van der Waals surface area contributed by atoms with E-state index in [1.807, 2.05) is 6.07 Å². The van der Waals surface area contributed by atoms with Crippen molar-refractivity contribution in [2.24, 2.45) is 0 Å². The Morgan fingerprint density at radius 3 is 2.44 bits per heavy atom. The normalized spacial score (nSPS) is 16.4. The number of nitrogens with one attached hydrogen (secondary N) is 1. The number of fused-ring (bicyclic) bond motifs is 1. The average molecular weight is 486 g/mol. The first-order valence-electron chi connectivity index (χ1n) is 11.6. The molecule has 1 N–H and O–H groups in total. The van der Waals surface area contributed by atoms with Gasteiger partial charge in [0.2, 0.25) is 15.9 Å². The van der Waals surface area contributed by atoms with Gasteiger partial charge in [-0.3, -0.25) is 9.59 Å². The van der Waals surface area contributed by atoms with Crippen LogP contribution in [-0.2, 0) is 21.2 Å². The average Bonchev–Trinajstić information content (AvgIpc) is 3.25. The summed E-state index contributed by atoms with van der Waals surface area (Å²) in [6.45, 7) is 0.343. The van der Waals surface area contributed by atoms with Gasteiger partial charge in [-0.15, -0.1) is 0 Å². The lowest BCUT2D eigenvalue weighted by Gasteiger charge is -2.31. The Morgan fingerprint density at radius 1 is 1.09 bits per heavy atom. The van der Waals surface area contributed by atoms with Crippen LogP contribution in [0.1, 0.15) is 48.0 Å². The minimum Gasteiger partial charge on any atom is -0.497 e. The van der Waals surface area contributed by atoms with Crippen molar-refractivity contribution in [2.45, 2.75) is 44.6 Å². The van der Waals surface area contributed by atoms with Crippen LogP contribution in [0.15, 0.2) is 42.5 Å². The quantitative estimate of drug-likeness (QED) is 0.648. The van der Waals surface area contributed by atoms with Crippen molar-refractivity contribution in [1.82, 2.24) is 4.31 Å². The van der Waals surface area contributed by atoms with E-state index >= 15 is 0 Å². The highest BCUT2D eigenvalue weighted by molar-refractivity contribution is 7.88. The Balaban J connectivity index is 1.47. The van der Waals surface area contributed by atoms with Gasteiger partial charge in [-0.1, -0.05) is 25.3 Å². The van der Waals surface area contributed by atoms with E-state index in [1.54, 1.807) is 48.4 Å². The Kier molecular flexibility index (Phi) is 7.23. The summed E-state index contributed by atoms with van der Waals surface area (Å²) in [7, 11) is -1.93. The molecule has 1 aliphatic carbocycles. The molecule has 182 valence electrons. The number of rotatable bonds is 7. The zero-order valence-corrected chi connectivity index (χ0v) is 20.4. The van der Waals surface area contributed by atoms with Crippen LogP contribution < -0.4 is 15.0 Å². The Bertz CT molecular complexity index is 1160. The zero-order chi connectivity index (χ0) is 24.3. The van der Waals surface area contributed by atoms with Crippen molar-refractivity contribution in [3.8, 4) is 5.75 Å². The second kappa shape index (κ2) is 10.1. The number of carbonyl (C=O) groups excluding carboxylic acids is 2. The predicted molar refractivity (Wildman–Crippen MR) is 132 cm³/mol. The van der Waals surface area contributed by atoms with Crippen molar-refractivity contribution in [3.05, 3.63) is 53.6 Å². The van der Waals surface area contributed by atoms with E-state index in [1.165, 1.54) is 4.31 Å². The maximum atomic E-state index is 13.1. The number of hydrogen-bond acceptors (Lipinski definition) is 5. The number of benzene rings is 2. The number of anilines is 2. The summed E-state index contributed by atoms with van der Waals surface area (Å²) in [6.07, 6.45) is 6.49. The second-order valence-electron chi connectivity index (χ2n) is 8.93. The van der Waals surface area contributed by atoms with Gasteiger partial charge < -0.3 is 15.0 Å². The van der Waals surface area contributed by atoms with Crippen LogP contribution in [0.5, 0.6) is 5.75 Å². The van der Waals surface area contributed by atoms with E-state index in [9.17, 15) is 18.0 Å². The summed E-state index contributed by atoms with van der Waals surface area (Å²) in [5.74, 6) is 0.173. The minimum absolute atomic E-state index is 0.120. The third-order valence-electron chi connectivity index (χ3n) is 6.55. The van der Waals surface area contributed by atoms with Crippen LogP contribution in [0.2, 0.25) is 0 Å². The topological polar surface area (TPSA) is 96.0 Å². The van der Waals surface area contributed by atoms with Gasteiger partial charge >= 0.3 is 0 Å². The Hall–Kier alpha value is -2.91. The molecule has 1 heterocycles. The van der Waals surface area contributed by atoms with E-state index < -0.39 is 10.0 Å². The van der Waals surface area contributed by atoms with Gasteiger partial charge in [0.15, 0.2) is 0 Å². The molecule has 0 saturated heterocycles. The summed E-state index contributed by atoms with van der Waals surface area (Å²) in [6, 6.07) is 12.3. The molecule has 2 aromatic carbocycles. The molecular formula is C25H31N3O5S. The third kappa shape index (κ3) is 5.42. The van der Waals surface area contributed by atoms with Gasteiger partial charge in [-0.25, -0.2) is 8.42 Å². The number of amides is 2. The molecule has 1 aliphatic heterocycles. The standard InChI is InChI=1S/C25H31N3O5S/c1-33-22-12-9-19(10-13-22)25(30)27-15-14-18-8-11-20(16-23(18)27)26-24(29)17-28(34(2,31)32)21-6-4-3-5-7-21/h8-13,16,21H,3-7,14-15,17H2,1-2H3,(H,26,29). The molecule has 8 nitrogen and oxygen atoms in total. The van der Waals surface area contributed by atoms with Crippen molar-refractivity contribution in [1.29, 1.82) is 0 Å². The fourth-order valence-corrected chi connectivity index (χ4v) is 5.89. The van der Waals surface area contributed by atoms with Crippen molar-refractivity contribution in [3.63, 3.8) is 0 Å². The first-order chi connectivity index (χ1) is 16.3. The maximum Gasteiger partial charge on any atom is 0.258 e. The van der Waals surface area contributed by atoms with E-state index in [2.05, 4.69) is 5.32 Å². The first-order valence-corrected chi connectivity index (χ1v) is 13.5. The molecule has 0 spiro atoms. The molecule has 0 unspecified atom stereocenters. The highest BCUT2D eigenvalue weighted by atomic mass is 32.2. The summed E-state index contributed by atoms with van der Waals surface area (Å²) in [5.41, 5.74) is 2.88. The second-order valence-corrected chi connectivity index (χ2v) is 10.9. The molecule has 1 fully saturated rings. The molecule has 0 bridgehead atoms. The van der Waals surface area contributed by atoms with Crippen LogP contribution in [0, 0.1) is 0 Å². The van der Waals surface area contributed by atoms with Gasteiger partial charge in [-0.2, -0.15) is 4.31 Å². The van der Waals surface area contributed by atoms with Gasteiger partial charge in [-0.05, 0) is 61.2 Å². The predicted octanol–water partition coefficient (Wildman–Crippen LogP) is 3.43. The number of nitrogens with zero attached hydrogens (tertiary/aromatic N) is 2. The number of carbonyl (C=O) groups is 2. The van der Waals surface area contributed by atoms with Crippen LogP contribution in [-0.4, -0.2) is 57.0 Å². The SMILES string of the molecule is COc1ccc(C(=O)N2CCc3ccc(NC(=O)CN(C4CCCCC4)S(C)(=O)=O)cc32)cc1. The van der Waals surface area contributed by atoms with E-state index in [4.69, 9.17) is 4.74 Å². The molecule has 2 aromatic rings. The van der Waals surface area contributed by atoms with Gasteiger partial charge in [0.25, 0.3) is 5.91 Å². The highest BCUT2D eigenvalue weighted by Gasteiger charge is 2.30. The summed E-state index contributed by atoms with van der Waals surface area (Å²) in [5, 5.41) is 2.83. The Morgan fingerprint density at radius 2 is 1.79 bits per heavy atom. The van der Waals surface area contributed by atoms with E-state index in [0.29, 0.717) is 23.5 Å². The molecule has 4 rings (SSSR count). The van der Waals surface area contributed by atoms with Crippen LogP contribution in [0.25, 0.3) is 0 Å². The molecule has 9 heteroatoms. The van der Waals surface area contributed by atoms with Crippen molar-refractivity contribution >= 4 is 33.2 Å². The summed E-state index contributed by atoms with van der Waals surface area (Å²) in [4.78, 5) is 27.6. The number of ether oxygens (including phenoxy) is 1. The summed E-state index contributed by atoms with van der Waals surface area (Å²) >= 11 is 0. The molecule has 2 amide bonds. The lowest BCUT2D eigenvalue weighted by atomic mass is 9.95. The van der Waals surface area contributed by atoms with Crippen molar-refractivity contribution < 1.29 is 22.7 Å². The third-order valence-corrected chi connectivity index (χ3v) is 7.83. The molecule has 0 aromatic heterocycles. The first kappa shape index (κ1) is 24.2. The molecule has 1 saturated carbocycles. The Labute approximate surface area is 200 Å². The fourth-order valence-electron chi connectivity index (χ4n) is 4.79. The largest absolute Gasteiger partial charge is 0.497 e. The van der Waals surface area contributed by atoms with Crippen LogP contribution in [0.4, 0.5) is 11.4 Å². The lowest BCUT2D eigenvalue weighted by Crippen LogP contribution is -2.45. The smallest absolute Gasteiger partial charge is 0.258 e. The fraction of sp³-hybridized carbons (Fsp3) is 0.440. The van der Waals surface area contributed by atoms with Gasteiger partial charge in [0.05, 0.1) is 19.9 Å². The van der Waals surface area contributed by atoms with Crippen LogP contribution >= 0.6 is 0 Å². The van der Waals surface area contributed by atoms with Crippen molar-refractivity contribution in [2.75, 3.05) is 36.7 Å². The molecular weight excluding hydrogens is 454 g/mol. The van der Waals surface area contributed by atoms with E-state index in [-0.39, 0.29) is 24.4 Å². The maximum absolute atomic E-state index is 13.1. The molecule has 0 atom stereocenters. The zero-order valence-electron chi connectivity index (χ0n) is 19.6. The molecule has 2 aliphatic rings. The number of sulfonamides is 1. The highest BCUT2D eigenvalue weighted by Crippen LogP contribution is 2.32. The molecule has 34 heavy (non-hydrogen) atoms. The van der Waals surface area contributed by atoms with Gasteiger partial charge in [0.1, 0.15) is 5.75 Å². The molecule has 0 radical (unpaired) electrons. The number of hydrogen-bond donors (Lipinski definition) is 1. The monoisotopic (exact) mass is 485 g/mol. The number of methoxy groups -OCH3 is 1. The summed E-state index contributed by atoms with van der Waals surface area (Å²) < 4.78 is 31.2. The van der Waals surface area contributed by atoms with E-state index in [0.717, 1.165) is 56.0 Å². The van der Waals surface area contributed by atoms with Crippen LogP contribution in [0.3, 0.4) is 0 Å². The minimum atomic E-state index is -3.51. The lowest BCUT2D eigenvalue weighted by molar-refractivity contribution is -0.116. The van der Waals surface area contributed by atoms with Gasteiger partial charge in [0, 0.05) is 29.5 Å².